The van der Waals surface area contributed by atoms with Gasteiger partial charge < -0.3 is 35.2 Å². The Morgan fingerprint density at radius 2 is 1.86 bits per heavy atom. The van der Waals surface area contributed by atoms with Gasteiger partial charge in [-0.05, 0) is 6.07 Å². The van der Waals surface area contributed by atoms with Crippen molar-refractivity contribution in [1.29, 1.82) is 0 Å². The maximum atomic E-state index is 11.8. The van der Waals surface area contributed by atoms with E-state index in [-0.39, 0.29) is 12.2 Å². The Morgan fingerprint density at radius 3 is 2.43 bits per heavy atom. The number of hydrogen-bond acceptors (Lipinski definition) is 11. The van der Waals surface area contributed by atoms with Crippen LogP contribution in [-0.4, -0.2) is 53.0 Å². The van der Waals surface area contributed by atoms with E-state index < -0.39 is 54.2 Å². The second-order valence-corrected chi connectivity index (χ2v) is 9.78. The van der Waals surface area contributed by atoms with E-state index in [0.29, 0.717) is 0 Å². The summed E-state index contributed by atoms with van der Waals surface area (Å²) in [5.41, 5.74) is 4.58. The van der Waals surface area contributed by atoms with Crippen LogP contribution >= 0.6 is 23.5 Å². The maximum absolute atomic E-state index is 11.8. The molecule has 0 aromatic carbocycles. The van der Waals surface area contributed by atoms with Crippen LogP contribution in [0.2, 0.25) is 0 Å². The highest BCUT2D eigenvalue weighted by Crippen LogP contribution is 2.66. The topological polar surface area (TPSA) is 250 Å². The summed E-state index contributed by atoms with van der Waals surface area (Å²) >= 11 is 0. The SMILES string of the molecule is Nc1ccn([C@H]2C[C@H](O)[C@H](COP(=O)(O)OP(=O)(O)OP(=O)(O)O)O2)c(=O)n1. The van der Waals surface area contributed by atoms with Crippen LogP contribution in [0.15, 0.2) is 17.1 Å². The number of aliphatic hydroxyl groups excluding tert-OH is 1. The van der Waals surface area contributed by atoms with Crippen molar-refractivity contribution in [2.45, 2.75) is 24.9 Å². The zero-order valence-electron chi connectivity index (χ0n) is 13.6. The number of hydrogen-bond donors (Lipinski definition) is 6. The average molecular weight is 467 g/mol. The number of anilines is 1. The summed E-state index contributed by atoms with van der Waals surface area (Å²) in [4.78, 5) is 50.5. The average Bonchev–Trinajstić information content (AvgIpc) is 2.82. The highest BCUT2D eigenvalue weighted by atomic mass is 31.3. The molecule has 1 aromatic heterocycles. The molecule has 1 aromatic rings. The molecule has 1 saturated heterocycles. The number of aliphatic hydroxyl groups is 1. The number of nitrogens with zero attached hydrogens (tertiary/aromatic N) is 2. The lowest BCUT2D eigenvalue weighted by molar-refractivity contribution is -0.0449. The van der Waals surface area contributed by atoms with E-state index in [1.54, 1.807) is 0 Å². The molecule has 2 rings (SSSR count). The summed E-state index contributed by atoms with van der Waals surface area (Å²) < 4.78 is 51.2. The second-order valence-electron chi connectivity index (χ2n) is 5.36. The van der Waals surface area contributed by atoms with Crippen molar-refractivity contribution >= 4 is 29.3 Å². The van der Waals surface area contributed by atoms with Crippen LogP contribution in [0.4, 0.5) is 5.82 Å². The minimum Gasteiger partial charge on any atom is -0.390 e. The third kappa shape index (κ3) is 6.81. The number of ether oxygens (including phenoxy) is 1. The summed E-state index contributed by atoms with van der Waals surface area (Å²) in [5.74, 6) is -0.0380. The van der Waals surface area contributed by atoms with Gasteiger partial charge in [-0.25, -0.2) is 18.5 Å². The van der Waals surface area contributed by atoms with Crippen molar-refractivity contribution in [2.24, 2.45) is 0 Å². The molecule has 7 N–H and O–H groups in total. The molecule has 160 valence electrons. The fraction of sp³-hybridized carbons (Fsp3) is 0.556. The van der Waals surface area contributed by atoms with Crippen LogP contribution in [0, 0.1) is 0 Å². The predicted molar refractivity (Wildman–Crippen MR) is 87.3 cm³/mol. The van der Waals surface area contributed by atoms with Gasteiger partial charge in [-0.15, -0.1) is 0 Å². The lowest BCUT2D eigenvalue weighted by Crippen LogP contribution is -2.28. The van der Waals surface area contributed by atoms with Gasteiger partial charge in [-0.2, -0.15) is 13.6 Å². The molecule has 1 aliphatic rings. The molecule has 0 saturated carbocycles. The molecule has 2 unspecified atom stereocenters. The molecule has 0 aliphatic carbocycles. The van der Waals surface area contributed by atoms with Crippen molar-refractivity contribution in [3.05, 3.63) is 22.7 Å². The number of aromatic nitrogens is 2. The third-order valence-corrected chi connectivity index (χ3v) is 6.99. The largest absolute Gasteiger partial charge is 0.490 e. The van der Waals surface area contributed by atoms with Gasteiger partial charge in [-0.1, -0.05) is 0 Å². The third-order valence-electron chi connectivity index (χ3n) is 3.18. The Kier molecular flexibility index (Phi) is 6.99. The molecule has 1 fully saturated rings. The van der Waals surface area contributed by atoms with Gasteiger partial charge in [-0.3, -0.25) is 9.09 Å². The van der Waals surface area contributed by atoms with E-state index in [2.05, 4.69) is 18.1 Å². The number of phosphoric ester groups is 1. The summed E-state index contributed by atoms with van der Waals surface area (Å²) in [6, 6.07) is 1.30. The van der Waals surface area contributed by atoms with Crippen LogP contribution in [-0.2, 0) is 31.6 Å². The van der Waals surface area contributed by atoms with Crippen LogP contribution < -0.4 is 11.4 Å². The number of rotatable bonds is 8. The Hall–Kier alpha value is -0.990. The van der Waals surface area contributed by atoms with Crippen molar-refractivity contribution in [3.63, 3.8) is 0 Å². The minimum atomic E-state index is -5.65. The Morgan fingerprint density at radius 1 is 1.21 bits per heavy atom. The van der Waals surface area contributed by atoms with E-state index in [9.17, 15) is 28.5 Å². The number of nitrogens with two attached hydrogens (primary N) is 1. The van der Waals surface area contributed by atoms with E-state index in [0.717, 1.165) is 4.57 Å². The van der Waals surface area contributed by atoms with E-state index in [4.69, 9.17) is 25.2 Å². The summed E-state index contributed by atoms with van der Waals surface area (Å²) in [5, 5.41) is 9.94. The molecule has 19 heteroatoms. The fourth-order valence-corrected chi connectivity index (χ4v) is 5.18. The first-order valence-corrected chi connectivity index (χ1v) is 11.7. The first-order valence-electron chi connectivity index (χ1n) is 7.14. The highest BCUT2D eigenvalue weighted by molar-refractivity contribution is 7.66. The maximum Gasteiger partial charge on any atom is 0.490 e. The van der Waals surface area contributed by atoms with Gasteiger partial charge in [0, 0.05) is 12.6 Å². The van der Waals surface area contributed by atoms with Gasteiger partial charge in [0.15, 0.2) is 0 Å². The van der Waals surface area contributed by atoms with Crippen molar-refractivity contribution in [1.82, 2.24) is 9.55 Å². The van der Waals surface area contributed by atoms with E-state index in [1.807, 2.05) is 0 Å². The molecule has 0 amide bonds. The minimum absolute atomic E-state index is 0.0380. The van der Waals surface area contributed by atoms with Gasteiger partial charge in [0.05, 0.1) is 12.7 Å². The molecular weight excluding hydrogens is 451 g/mol. The van der Waals surface area contributed by atoms with Gasteiger partial charge in [0.1, 0.15) is 18.1 Å². The molecule has 0 bridgehead atoms. The second kappa shape index (κ2) is 8.40. The van der Waals surface area contributed by atoms with Crippen LogP contribution in [0.25, 0.3) is 0 Å². The molecule has 0 spiro atoms. The van der Waals surface area contributed by atoms with Crippen molar-refractivity contribution < 1.29 is 56.3 Å². The van der Waals surface area contributed by atoms with Gasteiger partial charge >= 0.3 is 29.2 Å². The summed E-state index contributed by atoms with van der Waals surface area (Å²) in [7, 11) is -16.5. The lowest BCUT2D eigenvalue weighted by atomic mass is 10.2. The summed E-state index contributed by atoms with van der Waals surface area (Å²) in [6.45, 7) is -0.849. The van der Waals surface area contributed by atoms with Crippen LogP contribution in [0.5, 0.6) is 0 Å². The molecule has 2 heterocycles. The zero-order chi connectivity index (χ0) is 21.3. The number of nitrogen functional groups attached to an aromatic ring is 1. The molecule has 5 atom stereocenters. The van der Waals surface area contributed by atoms with Crippen LogP contribution in [0.1, 0.15) is 12.6 Å². The van der Waals surface area contributed by atoms with Gasteiger partial charge in [0.25, 0.3) is 0 Å². The van der Waals surface area contributed by atoms with Crippen molar-refractivity contribution in [2.75, 3.05) is 12.3 Å². The molecule has 0 radical (unpaired) electrons. The Balaban J connectivity index is 1.98. The predicted octanol–water partition coefficient (Wildman–Crippen LogP) is -1.18. The van der Waals surface area contributed by atoms with Crippen molar-refractivity contribution in [3.8, 4) is 0 Å². The van der Waals surface area contributed by atoms with Gasteiger partial charge in [0.2, 0.25) is 0 Å². The summed E-state index contributed by atoms with van der Waals surface area (Å²) in [6.07, 6.45) is -2.42. The quantitative estimate of drug-likeness (QED) is 0.246. The molecule has 1 aliphatic heterocycles. The molecule has 16 nitrogen and oxygen atoms in total. The number of phosphoric acid groups is 3. The highest BCUT2D eigenvalue weighted by Gasteiger charge is 2.42. The Bertz CT molecular complexity index is 914. The fourth-order valence-electron chi connectivity index (χ4n) is 2.15. The standard InChI is InChI=1S/C9H16N3O13P3/c10-7-1-2-12(9(14)11-7)8-3-5(13)6(23-8)4-22-27(18,19)25-28(20,21)24-26(15,16)17/h1-2,5-6,8,13H,3-4H2,(H,18,19)(H,20,21)(H2,10,11,14)(H2,15,16,17)/t5-,6-,8+/m0/s1. The lowest BCUT2D eigenvalue weighted by Gasteiger charge is -2.19. The monoisotopic (exact) mass is 467 g/mol. The van der Waals surface area contributed by atoms with E-state index in [1.165, 1.54) is 12.3 Å². The van der Waals surface area contributed by atoms with Crippen LogP contribution in [0.3, 0.4) is 0 Å². The zero-order valence-corrected chi connectivity index (χ0v) is 16.3. The normalized spacial score (nSPS) is 27.2. The molecular formula is C9H16N3O13P3. The first kappa shape index (κ1) is 23.3. The van der Waals surface area contributed by atoms with E-state index >= 15 is 0 Å². The smallest absolute Gasteiger partial charge is 0.390 e. The molecule has 28 heavy (non-hydrogen) atoms. The first-order chi connectivity index (χ1) is 12.7. The Labute approximate surface area is 155 Å².